The van der Waals surface area contributed by atoms with Gasteiger partial charge in [-0.2, -0.15) is 23.3 Å². The van der Waals surface area contributed by atoms with Gasteiger partial charge in [0.15, 0.2) is 12.3 Å². The Kier molecular flexibility index (Phi) is 5.35. The van der Waals surface area contributed by atoms with Crippen LogP contribution in [0.4, 0.5) is 13.2 Å². The van der Waals surface area contributed by atoms with Crippen molar-refractivity contribution in [3.63, 3.8) is 0 Å². The number of halogens is 4. The number of ether oxygens (including phenoxy) is 1. The molecule has 34 heavy (non-hydrogen) atoms. The van der Waals surface area contributed by atoms with Crippen molar-refractivity contribution in [2.45, 2.75) is 6.18 Å². The largest absolute Gasteiger partial charge is 0.468 e. The molecule has 5 aromatic rings. The van der Waals surface area contributed by atoms with E-state index < -0.39 is 18.3 Å². The molecule has 3 heterocycles. The molecule has 0 aliphatic rings. The predicted molar refractivity (Wildman–Crippen MR) is 124 cm³/mol. The summed E-state index contributed by atoms with van der Waals surface area (Å²) in [6.45, 7) is -1.50. The standard InChI is InChI=1S/C23H15BrF3N5O2/c1-31-11-14-10-13(2-7-17(14)30-31)20-22(33)32(16-5-3-15(24)4-6-16)21-18(28-20)8-9-19(29-21)34-12-23(25,26)27/h2-11H,12H2,1H3. The maximum atomic E-state index is 13.6. The summed E-state index contributed by atoms with van der Waals surface area (Å²) in [5, 5.41) is 5.18. The second kappa shape index (κ2) is 8.24. The number of hydrogen-bond acceptors (Lipinski definition) is 5. The molecule has 0 unspecified atom stereocenters. The Balaban J connectivity index is 1.73. The molecule has 0 spiro atoms. The number of alkyl halides is 3. The lowest BCUT2D eigenvalue weighted by Crippen LogP contribution is -2.23. The Morgan fingerprint density at radius 1 is 1.00 bits per heavy atom. The molecule has 0 bridgehead atoms. The molecule has 3 aromatic heterocycles. The van der Waals surface area contributed by atoms with Gasteiger partial charge in [0.2, 0.25) is 5.88 Å². The third kappa shape index (κ3) is 4.26. The van der Waals surface area contributed by atoms with E-state index in [4.69, 9.17) is 4.74 Å². The van der Waals surface area contributed by atoms with Gasteiger partial charge >= 0.3 is 6.18 Å². The summed E-state index contributed by atoms with van der Waals surface area (Å²) < 4.78 is 46.5. The van der Waals surface area contributed by atoms with Gasteiger partial charge < -0.3 is 4.74 Å². The minimum Gasteiger partial charge on any atom is -0.468 e. The van der Waals surface area contributed by atoms with Crippen molar-refractivity contribution in [1.29, 1.82) is 0 Å². The van der Waals surface area contributed by atoms with Gasteiger partial charge in [-0.3, -0.25) is 14.0 Å². The van der Waals surface area contributed by atoms with Crippen molar-refractivity contribution in [3.05, 3.63) is 75.6 Å². The zero-order chi connectivity index (χ0) is 24.0. The normalized spacial score (nSPS) is 11.9. The molecule has 0 radical (unpaired) electrons. The van der Waals surface area contributed by atoms with Crippen LogP contribution in [-0.4, -0.2) is 37.1 Å². The Labute approximate surface area is 198 Å². The highest BCUT2D eigenvalue weighted by Gasteiger charge is 2.29. The van der Waals surface area contributed by atoms with Crippen molar-refractivity contribution in [1.82, 2.24) is 24.3 Å². The first-order valence-corrected chi connectivity index (χ1v) is 10.8. The Bertz CT molecular complexity index is 1590. The summed E-state index contributed by atoms with van der Waals surface area (Å²) in [6.07, 6.45) is -2.69. The van der Waals surface area contributed by atoms with Crippen LogP contribution in [0.3, 0.4) is 0 Å². The molecular formula is C23H15BrF3N5O2. The fourth-order valence-corrected chi connectivity index (χ4v) is 3.86. The summed E-state index contributed by atoms with van der Waals surface area (Å²) in [5.74, 6) is -0.263. The van der Waals surface area contributed by atoms with Crippen LogP contribution in [0.15, 0.2) is 70.1 Å². The van der Waals surface area contributed by atoms with Gasteiger partial charge in [0, 0.05) is 34.7 Å². The zero-order valence-corrected chi connectivity index (χ0v) is 19.1. The number of nitrogens with zero attached hydrogens (tertiary/aromatic N) is 5. The van der Waals surface area contributed by atoms with Crippen molar-refractivity contribution in [3.8, 4) is 22.8 Å². The van der Waals surface area contributed by atoms with Gasteiger partial charge in [-0.15, -0.1) is 0 Å². The van der Waals surface area contributed by atoms with E-state index >= 15 is 0 Å². The van der Waals surface area contributed by atoms with E-state index in [9.17, 15) is 18.0 Å². The van der Waals surface area contributed by atoms with Crippen LogP contribution in [-0.2, 0) is 7.05 Å². The van der Waals surface area contributed by atoms with Crippen LogP contribution in [0, 0.1) is 0 Å². The molecule has 0 saturated heterocycles. The number of aryl methyl sites for hydroxylation is 1. The van der Waals surface area contributed by atoms with E-state index in [0.29, 0.717) is 16.8 Å². The Morgan fingerprint density at radius 3 is 2.47 bits per heavy atom. The number of hydrogen-bond donors (Lipinski definition) is 0. The van der Waals surface area contributed by atoms with Crippen LogP contribution in [0.2, 0.25) is 0 Å². The van der Waals surface area contributed by atoms with E-state index in [0.717, 1.165) is 15.4 Å². The average Bonchev–Trinajstić information content (AvgIpc) is 3.17. The first-order chi connectivity index (χ1) is 16.2. The molecule has 5 rings (SSSR count). The Hall–Kier alpha value is -3.73. The first-order valence-electron chi connectivity index (χ1n) is 10.0. The number of aromatic nitrogens is 5. The highest BCUT2D eigenvalue weighted by atomic mass is 79.9. The number of fused-ring (bicyclic) bond motifs is 2. The van der Waals surface area contributed by atoms with Crippen LogP contribution >= 0.6 is 15.9 Å². The molecule has 7 nitrogen and oxygen atoms in total. The van der Waals surface area contributed by atoms with Crippen LogP contribution in [0.25, 0.3) is 39.0 Å². The molecule has 0 N–H and O–H groups in total. The third-order valence-electron chi connectivity index (χ3n) is 5.04. The van der Waals surface area contributed by atoms with Gasteiger partial charge in [0.1, 0.15) is 11.2 Å². The van der Waals surface area contributed by atoms with Gasteiger partial charge in [-0.25, -0.2) is 4.98 Å². The summed E-state index contributed by atoms with van der Waals surface area (Å²) in [5.41, 5.74) is 1.93. The molecule has 0 fully saturated rings. The van der Waals surface area contributed by atoms with E-state index in [2.05, 4.69) is 31.0 Å². The van der Waals surface area contributed by atoms with Crippen molar-refractivity contribution < 1.29 is 17.9 Å². The lowest BCUT2D eigenvalue weighted by molar-refractivity contribution is -0.154. The monoisotopic (exact) mass is 529 g/mol. The van der Waals surface area contributed by atoms with Gasteiger partial charge in [-0.05, 0) is 42.5 Å². The molecule has 0 atom stereocenters. The van der Waals surface area contributed by atoms with E-state index in [-0.39, 0.29) is 17.2 Å². The lowest BCUT2D eigenvalue weighted by atomic mass is 10.1. The quantitative estimate of drug-likeness (QED) is 0.326. The predicted octanol–water partition coefficient (Wildman–Crippen LogP) is 5.04. The fraction of sp³-hybridized carbons (Fsp3) is 0.130. The molecule has 0 aliphatic carbocycles. The zero-order valence-electron chi connectivity index (χ0n) is 17.5. The summed E-state index contributed by atoms with van der Waals surface area (Å²) in [7, 11) is 1.80. The fourth-order valence-electron chi connectivity index (χ4n) is 3.60. The molecule has 0 amide bonds. The summed E-state index contributed by atoms with van der Waals surface area (Å²) >= 11 is 3.36. The van der Waals surface area contributed by atoms with Gasteiger partial charge in [-0.1, -0.05) is 22.0 Å². The number of benzene rings is 2. The maximum absolute atomic E-state index is 13.6. The number of pyridine rings is 1. The van der Waals surface area contributed by atoms with E-state index in [1.807, 2.05) is 12.3 Å². The highest BCUT2D eigenvalue weighted by Crippen LogP contribution is 2.25. The van der Waals surface area contributed by atoms with Crippen LogP contribution in [0.5, 0.6) is 5.88 Å². The minimum atomic E-state index is -4.52. The highest BCUT2D eigenvalue weighted by molar-refractivity contribution is 9.10. The molecule has 0 saturated carbocycles. The van der Waals surface area contributed by atoms with E-state index in [1.165, 1.54) is 16.7 Å². The first kappa shape index (κ1) is 22.1. The average molecular weight is 530 g/mol. The smallest absolute Gasteiger partial charge is 0.422 e. The topological polar surface area (TPSA) is 74.8 Å². The van der Waals surface area contributed by atoms with Crippen molar-refractivity contribution >= 4 is 38.0 Å². The van der Waals surface area contributed by atoms with Crippen LogP contribution < -0.4 is 10.3 Å². The molecule has 2 aromatic carbocycles. The molecular weight excluding hydrogens is 515 g/mol. The summed E-state index contributed by atoms with van der Waals surface area (Å²) in [4.78, 5) is 22.3. The molecule has 0 aliphatic heterocycles. The SMILES string of the molecule is Cn1cc2cc(-c3nc4ccc(OCC(F)(F)F)nc4n(-c4ccc(Br)cc4)c3=O)ccc2n1. The molecule has 172 valence electrons. The lowest BCUT2D eigenvalue weighted by Gasteiger charge is -2.14. The summed E-state index contributed by atoms with van der Waals surface area (Å²) in [6, 6.07) is 15.0. The number of rotatable bonds is 4. The third-order valence-corrected chi connectivity index (χ3v) is 5.57. The van der Waals surface area contributed by atoms with Gasteiger partial charge in [0.05, 0.1) is 11.2 Å². The minimum absolute atomic E-state index is 0.0817. The Morgan fingerprint density at radius 2 is 1.74 bits per heavy atom. The van der Waals surface area contributed by atoms with Crippen molar-refractivity contribution in [2.75, 3.05) is 6.61 Å². The second-order valence-corrected chi connectivity index (χ2v) is 8.47. The van der Waals surface area contributed by atoms with Crippen LogP contribution in [0.1, 0.15) is 0 Å². The second-order valence-electron chi connectivity index (χ2n) is 7.55. The molecule has 11 heteroatoms. The van der Waals surface area contributed by atoms with E-state index in [1.54, 1.807) is 48.1 Å². The van der Waals surface area contributed by atoms with Crippen molar-refractivity contribution in [2.24, 2.45) is 7.05 Å². The van der Waals surface area contributed by atoms with Gasteiger partial charge in [0.25, 0.3) is 5.56 Å². The maximum Gasteiger partial charge on any atom is 0.422 e.